The van der Waals surface area contributed by atoms with Crippen molar-refractivity contribution in [3.8, 4) is 0 Å². The van der Waals surface area contributed by atoms with Gasteiger partial charge in [-0.2, -0.15) is 0 Å². The molecule has 19 heavy (non-hydrogen) atoms. The van der Waals surface area contributed by atoms with E-state index < -0.39 is 0 Å². The Balaban J connectivity index is 2.30. The number of aromatic amines is 1. The number of carbonyl (C=O) groups excluding carboxylic acids is 1. The lowest BCUT2D eigenvalue weighted by atomic mass is 10.2. The maximum Gasteiger partial charge on any atom is 0.354 e. The molecule has 0 radical (unpaired) electrons. The van der Waals surface area contributed by atoms with Gasteiger partial charge in [0.1, 0.15) is 17.2 Å². The van der Waals surface area contributed by atoms with E-state index in [1.54, 1.807) is 6.20 Å². The Morgan fingerprint density at radius 2 is 2.21 bits per heavy atom. The van der Waals surface area contributed by atoms with Gasteiger partial charge in [-0.25, -0.2) is 14.8 Å². The second-order valence-electron chi connectivity index (χ2n) is 4.62. The van der Waals surface area contributed by atoms with E-state index in [1.165, 1.54) is 20.0 Å². The molecule has 2 aromatic heterocycles. The second-order valence-corrected chi connectivity index (χ2v) is 4.62. The van der Waals surface area contributed by atoms with Gasteiger partial charge in [0.2, 0.25) is 0 Å². The Hall–Kier alpha value is -1.91. The minimum Gasteiger partial charge on any atom is -0.464 e. The molecule has 0 aromatic carbocycles. The largest absolute Gasteiger partial charge is 0.464 e. The number of ether oxygens (including phenoxy) is 1. The number of carbonyl (C=O) groups is 1. The number of hydrogen-bond donors (Lipinski definition) is 1. The molecule has 2 aromatic rings. The fraction of sp³-hybridized carbons (Fsp3) is 0.500. The van der Waals surface area contributed by atoms with Gasteiger partial charge >= 0.3 is 5.97 Å². The summed E-state index contributed by atoms with van der Waals surface area (Å²) in [5, 5.41) is 0.875. The zero-order valence-electron chi connectivity index (χ0n) is 11.6. The number of aromatic nitrogens is 3. The van der Waals surface area contributed by atoms with E-state index in [9.17, 15) is 4.79 Å². The normalized spacial score (nSPS) is 10.9. The van der Waals surface area contributed by atoms with Gasteiger partial charge in [-0.15, -0.1) is 0 Å². The van der Waals surface area contributed by atoms with Crippen LogP contribution in [0.5, 0.6) is 0 Å². The number of fused-ring (bicyclic) bond motifs is 1. The summed E-state index contributed by atoms with van der Waals surface area (Å²) >= 11 is 0. The first kappa shape index (κ1) is 13.5. The van der Waals surface area contributed by atoms with E-state index in [4.69, 9.17) is 4.74 Å². The molecule has 2 rings (SSSR count). The SMILES string of the molecule is CCCCCc1ncc2c(C)c(C(=O)OC)[nH]c2n1. The van der Waals surface area contributed by atoms with Crippen LogP contribution in [0.25, 0.3) is 11.0 Å². The maximum atomic E-state index is 11.6. The summed E-state index contributed by atoms with van der Waals surface area (Å²) < 4.78 is 4.74. The molecule has 102 valence electrons. The van der Waals surface area contributed by atoms with Crippen LogP contribution in [0.3, 0.4) is 0 Å². The summed E-state index contributed by atoms with van der Waals surface area (Å²) in [6.07, 6.45) is 6.09. The van der Waals surface area contributed by atoms with Crippen molar-refractivity contribution < 1.29 is 9.53 Å². The zero-order chi connectivity index (χ0) is 13.8. The van der Waals surface area contributed by atoms with Crippen LogP contribution in [0.2, 0.25) is 0 Å². The van der Waals surface area contributed by atoms with E-state index in [0.717, 1.165) is 29.6 Å². The number of unbranched alkanes of at least 4 members (excludes halogenated alkanes) is 2. The highest BCUT2D eigenvalue weighted by Crippen LogP contribution is 2.20. The van der Waals surface area contributed by atoms with Gasteiger partial charge in [0, 0.05) is 18.0 Å². The molecule has 0 aliphatic heterocycles. The fourth-order valence-corrected chi connectivity index (χ4v) is 2.09. The summed E-state index contributed by atoms with van der Waals surface area (Å²) in [6, 6.07) is 0. The fourth-order valence-electron chi connectivity index (χ4n) is 2.09. The van der Waals surface area contributed by atoms with Gasteiger partial charge in [0.25, 0.3) is 0 Å². The van der Waals surface area contributed by atoms with Gasteiger partial charge in [0.05, 0.1) is 7.11 Å². The van der Waals surface area contributed by atoms with Crippen LogP contribution in [0.15, 0.2) is 6.20 Å². The molecule has 5 heteroatoms. The lowest BCUT2D eigenvalue weighted by Crippen LogP contribution is -2.03. The highest BCUT2D eigenvalue weighted by molar-refractivity contribution is 5.96. The van der Waals surface area contributed by atoms with Crippen molar-refractivity contribution in [3.05, 3.63) is 23.3 Å². The quantitative estimate of drug-likeness (QED) is 0.663. The third-order valence-electron chi connectivity index (χ3n) is 3.25. The smallest absolute Gasteiger partial charge is 0.354 e. The van der Waals surface area contributed by atoms with E-state index in [1.807, 2.05) is 6.92 Å². The number of nitrogens with zero attached hydrogens (tertiary/aromatic N) is 2. The standard InChI is InChI=1S/C14H19N3O2/c1-4-5-6-7-11-15-8-10-9(2)12(14(18)19-3)17-13(10)16-11/h8H,4-7H2,1-3H3,(H,15,16,17). The summed E-state index contributed by atoms with van der Waals surface area (Å²) in [7, 11) is 1.37. The first-order valence-electron chi connectivity index (χ1n) is 6.59. The molecule has 0 aliphatic rings. The average Bonchev–Trinajstić information content (AvgIpc) is 2.75. The van der Waals surface area contributed by atoms with E-state index >= 15 is 0 Å². The van der Waals surface area contributed by atoms with Gasteiger partial charge in [-0.05, 0) is 18.9 Å². The highest BCUT2D eigenvalue weighted by Gasteiger charge is 2.16. The number of H-pyrrole nitrogens is 1. The average molecular weight is 261 g/mol. The number of aryl methyl sites for hydroxylation is 2. The third-order valence-corrected chi connectivity index (χ3v) is 3.25. The number of rotatable bonds is 5. The topological polar surface area (TPSA) is 67.9 Å². The molecule has 0 saturated carbocycles. The molecule has 1 N–H and O–H groups in total. The molecule has 5 nitrogen and oxygen atoms in total. The van der Waals surface area contributed by atoms with Gasteiger partial charge < -0.3 is 9.72 Å². The summed E-state index contributed by atoms with van der Waals surface area (Å²) in [5.74, 6) is 0.446. The van der Waals surface area contributed by atoms with Crippen LogP contribution in [0.1, 0.15) is 48.1 Å². The van der Waals surface area contributed by atoms with Crippen LogP contribution in [-0.2, 0) is 11.2 Å². The van der Waals surface area contributed by atoms with Crippen LogP contribution >= 0.6 is 0 Å². The lowest BCUT2D eigenvalue weighted by Gasteiger charge is -1.99. The number of esters is 1. The van der Waals surface area contributed by atoms with E-state index in [-0.39, 0.29) is 5.97 Å². The van der Waals surface area contributed by atoms with E-state index in [2.05, 4.69) is 21.9 Å². The van der Waals surface area contributed by atoms with Crippen LogP contribution in [0, 0.1) is 6.92 Å². The molecule has 0 aliphatic carbocycles. The molecular weight excluding hydrogens is 242 g/mol. The highest BCUT2D eigenvalue weighted by atomic mass is 16.5. The molecule has 0 amide bonds. The minimum atomic E-state index is -0.372. The number of hydrogen-bond acceptors (Lipinski definition) is 4. The molecule has 0 atom stereocenters. The van der Waals surface area contributed by atoms with Gasteiger partial charge in [0.15, 0.2) is 0 Å². The summed E-state index contributed by atoms with van der Waals surface area (Å²) in [5.41, 5.74) is 2.00. The van der Waals surface area contributed by atoms with E-state index in [0.29, 0.717) is 11.3 Å². The second kappa shape index (κ2) is 5.82. The zero-order valence-corrected chi connectivity index (χ0v) is 11.6. The van der Waals surface area contributed by atoms with Crippen molar-refractivity contribution in [3.63, 3.8) is 0 Å². The molecule has 0 spiro atoms. The van der Waals surface area contributed by atoms with Crippen molar-refractivity contribution >= 4 is 17.0 Å². The van der Waals surface area contributed by atoms with Gasteiger partial charge in [-0.3, -0.25) is 0 Å². The van der Waals surface area contributed by atoms with Crippen molar-refractivity contribution in [1.29, 1.82) is 0 Å². The number of nitrogens with one attached hydrogen (secondary N) is 1. The predicted octanol–water partition coefficient (Wildman–Crippen LogP) is 2.79. The van der Waals surface area contributed by atoms with Crippen LogP contribution in [-0.4, -0.2) is 28.0 Å². The Morgan fingerprint density at radius 3 is 2.89 bits per heavy atom. The predicted molar refractivity (Wildman–Crippen MR) is 73.2 cm³/mol. The Morgan fingerprint density at radius 1 is 1.42 bits per heavy atom. The molecular formula is C14H19N3O2. The van der Waals surface area contributed by atoms with Crippen LogP contribution < -0.4 is 0 Å². The Bertz CT molecular complexity index is 590. The first-order chi connectivity index (χ1) is 9.17. The third kappa shape index (κ3) is 2.75. The summed E-state index contributed by atoms with van der Waals surface area (Å²) in [4.78, 5) is 23.4. The van der Waals surface area contributed by atoms with Crippen molar-refractivity contribution in [1.82, 2.24) is 15.0 Å². The first-order valence-corrected chi connectivity index (χ1v) is 6.59. The summed E-state index contributed by atoms with van der Waals surface area (Å²) in [6.45, 7) is 4.03. The molecule has 0 bridgehead atoms. The monoisotopic (exact) mass is 261 g/mol. The molecule has 0 fully saturated rings. The van der Waals surface area contributed by atoms with Crippen LogP contribution in [0.4, 0.5) is 0 Å². The minimum absolute atomic E-state index is 0.372. The molecule has 2 heterocycles. The lowest BCUT2D eigenvalue weighted by molar-refractivity contribution is 0.0594. The Labute approximate surface area is 112 Å². The van der Waals surface area contributed by atoms with Gasteiger partial charge in [-0.1, -0.05) is 19.8 Å². The van der Waals surface area contributed by atoms with Crippen molar-refractivity contribution in [2.45, 2.75) is 39.5 Å². The van der Waals surface area contributed by atoms with Crippen molar-refractivity contribution in [2.24, 2.45) is 0 Å². The molecule has 0 unspecified atom stereocenters. The Kier molecular flexibility index (Phi) is 4.14. The maximum absolute atomic E-state index is 11.6. The number of methoxy groups -OCH3 is 1. The van der Waals surface area contributed by atoms with Crippen molar-refractivity contribution in [2.75, 3.05) is 7.11 Å². The molecule has 0 saturated heterocycles.